The molecule has 0 aromatic heterocycles. The van der Waals surface area contributed by atoms with Crippen LogP contribution >= 0.6 is 0 Å². The van der Waals surface area contributed by atoms with Crippen molar-refractivity contribution in [2.24, 2.45) is 0 Å². The highest BCUT2D eigenvalue weighted by molar-refractivity contribution is 7.81. The van der Waals surface area contributed by atoms with E-state index < -0.39 is 39.4 Å². The van der Waals surface area contributed by atoms with E-state index in [1.807, 2.05) is 0 Å². The minimum Gasteiger partial charge on any atom is -0.507 e. The fourth-order valence-electron chi connectivity index (χ4n) is 3.87. The van der Waals surface area contributed by atoms with Crippen molar-refractivity contribution in [3.05, 3.63) is 82.9 Å². The number of benzene rings is 4. The van der Waals surface area contributed by atoms with Gasteiger partial charge in [0.15, 0.2) is 5.75 Å². The predicted octanol–water partition coefficient (Wildman–Crippen LogP) is 3.87. The fourth-order valence-corrected chi connectivity index (χ4v) is 4.27. The van der Waals surface area contributed by atoms with Crippen LogP contribution in [0.4, 0.5) is 0 Å². The molecule has 0 aliphatic rings. The quantitative estimate of drug-likeness (QED) is 0.308. The van der Waals surface area contributed by atoms with E-state index in [4.69, 9.17) is 0 Å². The van der Waals surface area contributed by atoms with E-state index in [0.717, 1.165) is 0 Å². The normalized spacial score (nSPS) is 11.5. The maximum Gasteiger partial charge on any atom is 0.446 e. The van der Waals surface area contributed by atoms with Gasteiger partial charge in [0, 0.05) is 17.5 Å². The van der Waals surface area contributed by atoms with Gasteiger partial charge in [-0.15, -0.1) is 0 Å². The molecule has 9 nitrogen and oxygen atoms in total. The lowest BCUT2D eigenvalue weighted by Gasteiger charge is -2.17. The van der Waals surface area contributed by atoms with Crippen LogP contribution in [0.2, 0.25) is 0 Å². The summed E-state index contributed by atoms with van der Waals surface area (Å²) in [6.45, 7) is 0. The van der Waals surface area contributed by atoms with Crippen LogP contribution in [-0.2, 0) is 16.8 Å². The highest BCUT2D eigenvalue weighted by atomic mass is 32.3. The van der Waals surface area contributed by atoms with E-state index in [2.05, 4.69) is 4.18 Å². The van der Waals surface area contributed by atoms with E-state index in [-0.39, 0.29) is 23.1 Å². The number of fused-ring (bicyclic) bond motifs is 2. The van der Waals surface area contributed by atoms with Gasteiger partial charge in [-0.25, -0.2) is 9.59 Å². The molecule has 4 aromatic carbocycles. The van der Waals surface area contributed by atoms with Crippen LogP contribution < -0.4 is 4.18 Å². The van der Waals surface area contributed by atoms with Gasteiger partial charge in [0.1, 0.15) is 16.9 Å². The van der Waals surface area contributed by atoms with Gasteiger partial charge in [-0.3, -0.25) is 4.55 Å². The summed E-state index contributed by atoms with van der Waals surface area (Å²) < 4.78 is 37.1. The van der Waals surface area contributed by atoms with Crippen LogP contribution in [0, 0.1) is 0 Å². The first-order valence-electron chi connectivity index (χ1n) is 9.48. The van der Waals surface area contributed by atoms with E-state index >= 15 is 0 Å². The lowest BCUT2D eigenvalue weighted by molar-refractivity contribution is 0.0683. The topological polar surface area (TPSA) is 158 Å². The molecule has 0 bridgehead atoms. The van der Waals surface area contributed by atoms with Crippen LogP contribution in [0.15, 0.2) is 60.7 Å². The molecule has 4 rings (SSSR count). The first-order valence-corrected chi connectivity index (χ1v) is 10.8. The third kappa shape index (κ3) is 4.16. The Labute approximate surface area is 187 Å². The standard InChI is InChI=1S/C23H16O9S/c24-20-16(14-7-3-1-5-12(14)9-18(20)22(25)26)11-17-15-8-4-2-6-13(15)10-19(23(27)28)21(17)32-33(29,30)31/h1-10,24H,11H2,(H,25,26)(H,27,28)(H,29,30,31). The van der Waals surface area contributed by atoms with Crippen LogP contribution in [-0.4, -0.2) is 40.2 Å². The molecule has 0 unspecified atom stereocenters. The Bertz CT molecular complexity index is 1560. The van der Waals surface area contributed by atoms with Crippen LogP contribution in [0.1, 0.15) is 31.8 Å². The zero-order chi connectivity index (χ0) is 23.9. The highest BCUT2D eigenvalue weighted by Crippen LogP contribution is 2.39. The third-order valence-corrected chi connectivity index (χ3v) is 5.61. The number of rotatable bonds is 6. The van der Waals surface area contributed by atoms with Crippen molar-refractivity contribution < 1.29 is 42.1 Å². The molecule has 0 radical (unpaired) electrons. The number of hydrogen-bond acceptors (Lipinski definition) is 6. The fraction of sp³-hybridized carbons (Fsp3) is 0.0435. The molecule has 4 aromatic rings. The van der Waals surface area contributed by atoms with Crippen LogP contribution in [0.3, 0.4) is 0 Å². The second-order valence-electron chi connectivity index (χ2n) is 7.22. The average Bonchev–Trinajstić information content (AvgIpc) is 2.75. The summed E-state index contributed by atoms with van der Waals surface area (Å²) in [5.41, 5.74) is -0.747. The Morgan fingerprint density at radius 1 is 0.788 bits per heavy atom. The molecular formula is C23H16O9S. The van der Waals surface area contributed by atoms with Crippen molar-refractivity contribution in [2.75, 3.05) is 0 Å². The molecule has 33 heavy (non-hydrogen) atoms. The summed E-state index contributed by atoms with van der Waals surface area (Å²) in [6, 6.07) is 15.6. The van der Waals surface area contributed by atoms with Gasteiger partial charge in [-0.05, 0) is 33.7 Å². The molecule has 0 heterocycles. The van der Waals surface area contributed by atoms with Gasteiger partial charge in [0.25, 0.3) is 0 Å². The molecule has 0 amide bonds. The van der Waals surface area contributed by atoms with Gasteiger partial charge >= 0.3 is 22.3 Å². The average molecular weight is 468 g/mol. The number of carboxylic acids is 2. The number of carbonyl (C=O) groups is 2. The Morgan fingerprint density at radius 3 is 1.79 bits per heavy atom. The van der Waals surface area contributed by atoms with Crippen LogP contribution in [0.5, 0.6) is 11.5 Å². The summed E-state index contributed by atoms with van der Waals surface area (Å²) in [7, 11) is -5.11. The maximum atomic E-state index is 11.9. The lowest BCUT2D eigenvalue weighted by atomic mass is 9.90. The van der Waals surface area contributed by atoms with Crippen molar-refractivity contribution in [1.82, 2.24) is 0 Å². The van der Waals surface area contributed by atoms with Crippen molar-refractivity contribution in [1.29, 1.82) is 0 Å². The van der Waals surface area contributed by atoms with Crippen molar-refractivity contribution in [3.8, 4) is 11.5 Å². The monoisotopic (exact) mass is 468 g/mol. The first-order chi connectivity index (χ1) is 15.6. The molecule has 0 spiro atoms. The van der Waals surface area contributed by atoms with Crippen molar-refractivity contribution in [3.63, 3.8) is 0 Å². The molecule has 0 atom stereocenters. The van der Waals surface area contributed by atoms with E-state index in [9.17, 15) is 37.9 Å². The number of hydrogen-bond donors (Lipinski definition) is 4. The molecule has 10 heteroatoms. The molecule has 0 fully saturated rings. The van der Waals surface area contributed by atoms with Crippen molar-refractivity contribution >= 4 is 43.9 Å². The minimum atomic E-state index is -5.11. The molecule has 0 saturated carbocycles. The molecular weight excluding hydrogens is 452 g/mol. The molecule has 0 saturated heterocycles. The van der Waals surface area contributed by atoms with Gasteiger partial charge in [-0.1, -0.05) is 48.5 Å². The van der Waals surface area contributed by atoms with Gasteiger partial charge in [0.2, 0.25) is 0 Å². The molecule has 168 valence electrons. The second kappa shape index (κ2) is 8.08. The third-order valence-electron chi connectivity index (χ3n) is 5.23. The Balaban J connectivity index is 2.10. The molecule has 4 N–H and O–H groups in total. The number of aromatic carboxylic acids is 2. The predicted molar refractivity (Wildman–Crippen MR) is 118 cm³/mol. The number of aromatic hydroxyl groups is 1. The highest BCUT2D eigenvalue weighted by Gasteiger charge is 2.26. The summed E-state index contributed by atoms with van der Waals surface area (Å²) in [4.78, 5) is 23.6. The Morgan fingerprint density at radius 2 is 1.27 bits per heavy atom. The number of phenols is 1. The zero-order valence-corrected chi connectivity index (χ0v) is 17.5. The largest absolute Gasteiger partial charge is 0.507 e. The molecule has 0 aliphatic heterocycles. The van der Waals surface area contributed by atoms with Crippen molar-refractivity contribution in [2.45, 2.75) is 6.42 Å². The lowest BCUT2D eigenvalue weighted by Crippen LogP contribution is -2.13. The summed E-state index contributed by atoms with van der Waals surface area (Å²) >= 11 is 0. The zero-order valence-electron chi connectivity index (χ0n) is 16.7. The van der Waals surface area contributed by atoms with Gasteiger partial charge < -0.3 is 19.5 Å². The van der Waals surface area contributed by atoms with E-state index in [0.29, 0.717) is 21.5 Å². The van der Waals surface area contributed by atoms with Crippen LogP contribution in [0.25, 0.3) is 21.5 Å². The smallest absolute Gasteiger partial charge is 0.446 e. The summed E-state index contributed by atoms with van der Waals surface area (Å²) in [6.07, 6.45) is -0.292. The number of carboxylic acid groups (broad SMARTS) is 2. The second-order valence-corrected chi connectivity index (χ2v) is 8.25. The van der Waals surface area contributed by atoms with E-state index in [1.165, 1.54) is 12.1 Å². The van der Waals surface area contributed by atoms with Gasteiger partial charge in [0.05, 0.1) is 0 Å². The first kappa shape index (κ1) is 22.1. The Kier molecular flexibility index (Phi) is 5.40. The minimum absolute atomic E-state index is 0.0334. The SMILES string of the molecule is O=C(O)c1cc2ccccc2c(Cc2c(OS(=O)(=O)O)c(C(=O)O)cc3ccccc23)c1O. The van der Waals surface area contributed by atoms with Gasteiger partial charge in [-0.2, -0.15) is 8.42 Å². The molecule has 0 aliphatic carbocycles. The van der Waals surface area contributed by atoms with E-state index in [1.54, 1.807) is 48.5 Å². The Hall–Kier alpha value is -4.15. The summed E-state index contributed by atoms with van der Waals surface area (Å²) in [5, 5.41) is 31.8. The maximum absolute atomic E-state index is 11.9. The summed E-state index contributed by atoms with van der Waals surface area (Å²) in [5.74, 6) is -4.07.